The third-order valence-electron chi connectivity index (χ3n) is 2.46. The molecule has 1 N–H and O–H groups in total. The van der Waals surface area contributed by atoms with Crippen molar-refractivity contribution in [1.29, 1.82) is 0 Å². The highest BCUT2D eigenvalue weighted by Gasteiger charge is 2.26. The summed E-state index contributed by atoms with van der Waals surface area (Å²) >= 11 is 6.16. The van der Waals surface area contributed by atoms with E-state index in [1.165, 1.54) is 25.4 Å². The van der Waals surface area contributed by atoms with Crippen molar-refractivity contribution in [3.8, 4) is 0 Å². The first-order valence-electron chi connectivity index (χ1n) is 4.26. The number of rotatable bonds is 3. The van der Waals surface area contributed by atoms with Crippen LogP contribution in [0.5, 0.6) is 0 Å². The van der Waals surface area contributed by atoms with Gasteiger partial charge in [-0.3, -0.25) is 5.09 Å². The molecule has 0 heterocycles. The lowest BCUT2D eigenvalue weighted by Crippen LogP contribution is -2.14. The number of hydrogen-bond acceptors (Lipinski definition) is 1. The van der Waals surface area contributed by atoms with Crippen molar-refractivity contribution < 1.29 is 0 Å². The summed E-state index contributed by atoms with van der Waals surface area (Å²) in [6.45, 7) is 2.29. The van der Waals surface area contributed by atoms with Crippen LogP contribution in [0, 0.1) is 5.92 Å². The molecular formula is C8H17ClNP. The average molecular weight is 194 g/mol. The molecule has 0 aliphatic heterocycles. The number of nitrogens with one attached hydrogen (secondary N) is 1. The van der Waals surface area contributed by atoms with Crippen molar-refractivity contribution in [3.05, 3.63) is 0 Å². The van der Waals surface area contributed by atoms with Crippen LogP contribution < -0.4 is 5.09 Å². The summed E-state index contributed by atoms with van der Waals surface area (Å²) in [7, 11) is 2.10. The van der Waals surface area contributed by atoms with E-state index >= 15 is 0 Å². The molecule has 0 spiro atoms. The summed E-state index contributed by atoms with van der Waals surface area (Å²) in [6.07, 6.45) is 5.23. The van der Waals surface area contributed by atoms with E-state index in [1.54, 1.807) is 0 Å². The minimum absolute atomic E-state index is 0.0496. The zero-order chi connectivity index (χ0) is 8.27. The molecule has 1 aliphatic carbocycles. The molecule has 0 aromatic heterocycles. The van der Waals surface area contributed by atoms with Crippen molar-refractivity contribution in [1.82, 2.24) is 5.09 Å². The highest BCUT2D eigenvalue weighted by molar-refractivity contribution is 7.54. The third-order valence-corrected chi connectivity index (χ3v) is 4.81. The molecule has 1 nitrogen and oxygen atoms in total. The molecule has 1 rings (SSSR count). The number of hydrogen-bond donors (Lipinski definition) is 1. The van der Waals surface area contributed by atoms with E-state index in [0.29, 0.717) is 5.38 Å². The molecule has 0 amide bonds. The minimum atomic E-state index is 0.0496. The van der Waals surface area contributed by atoms with Gasteiger partial charge in [-0.05, 0) is 46.7 Å². The molecule has 0 aromatic carbocycles. The largest absolute Gasteiger partial charge is 0.299 e. The molecule has 0 radical (unpaired) electrons. The van der Waals surface area contributed by atoms with Gasteiger partial charge in [0.1, 0.15) is 0 Å². The van der Waals surface area contributed by atoms with E-state index in [-0.39, 0.29) is 8.07 Å². The second kappa shape index (κ2) is 4.64. The molecule has 3 heteroatoms. The monoisotopic (exact) mass is 193 g/mol. The molecule has 0 bridgehead atoms. The van der Waals surface area contributed by atoms with Gasteiger partial charge in [-0.15, -0.1) is 11.6 Å². The standard InChI is InChI=1S/C8H17ClNP/c1-10-11(2)6-7-4-3-5-8(7)9/h7-8,10H,3-6H2,1-2H3/t7-,8?,11?/m0/s1. The molecule has 3 atom stereocenters. The van der Waals surface area contributed by atoms with E-state index in [2.05, 4.69) is 11.8 Å². The lowest BCUT2D eigenvalue weighted by molar-refractivity contribution is 0.624. The molecule has 11 heavy (non-hydrogen) atoms. The Balaban J connectivity index is 2.24. The Morgan fingerprint density at radius 1 is 1.55 bits per heavy atom. The summed E-state index contributed by atoms with van der Waals surface area (Å²) in [4.78, 5) is 0. The van der Waals surface area contributed by atoms with E-state index in [1.807, 2.05) is 7.05 Å². The highest BCUT2D eigenvalue weighted by Crippen LogP contribution is 2.38. The van der Waals surface area contributed by atoms with Gasteiger partial charge in [0.05, 0.1) is 0 Å². The fourth-order valence-electron chi connectivity index (χ4n) is 1.64. The Hall–Kier alpha value is 0.680. The maximum atomic E-state index is 6.16. The van der Waals surface area contributed by atoms with Crippen molar-refractivity contribution >= 4 is 19.7 Å². The Morgan fingerprint density at radius 2 is 2.27 bits per heavy atom. The van der Waals surface area contributed by atoms with Crippen molar-refractivity contribution in [3.63, 3.8) is 0 Å². The quantitative estimate of drug-likeness (QED) is 0.537. The van der Waals surface area contributed by atoms with Gasteiger partial charge in [0.2, 0.25) is 0 Å². The summed E-state index contributed by atoms with van der Waals surface area (Å²) in [6, 6.07) is 0. The van der Waals surface area contributed by atoms with Crippen molar-refractivity contribution in [2.45, 2.75) is 24.6 Å². The van der Waals surface area contributed by atoms with Crippen LogP contribution in [0.25, 0.3) is 0 Å². The minimum Gasteiger partial charge on any atom is -0.299 e. The van der Waals surface area contributed by atoms with Gasteiger partial charge in [0.15, 0.2) is 0 Å². The van der Waals surface area contributed by atoms with Crippen molar-refractivity contribution in [2.75, 3.05) is 19.9 Å². The fraction of sp³-hybridized carbons (Fsp3) is 1.00. The maximum Gasteiger partial charge on any atom is 0.0368 e. The van der Waals surface area contributed by atoms with Crippen LogP contribution in [-0.2, 0) is 0 Å². The molecular weight excluding hydrogens is 177 g/mol. The molecule has 1 fully saturated rings. The lowest BCUT2D eigenvalue weighted by atomic mass is 10.1. The van der Waals surface area contributed by atoms with Crippen LogP contribution in [0.2, 0.25) is 0 Å². The van der Waals surface area contributed by atoms with Crippen LogP contribution >= 0.6 is 19.7 Å². The average Bonchev–Trinajstić information content (AvgIpc) is 2.37. The second-order valence-electron chi connectivity index (χ2n) is 3.31. The van der Waals surface area contributed by atoms with Gasteiger partial charge in [-0.2, -0.15) is 0 Å². The van der Waals surface area contributed by atoms with Crippen LogP contribution in [0.1, 0.15) is 19.3 Å². The first-order chi connectivity index (χ1) is 5.24. The smallest absolute Gasteiger partial charge is 0.0368 e. The van der Waals surface area contributed by atoms with Gasteiger partial charge in [-0.25, -0.2) is 0 Å². The summed E-state index contributed by atoms with van der Waals surface area (Å²) in [5, 5.41) is 3.78. The molecule has 66 valence electrons. The van der Waals surface area contributed by atoms with Crippen molar-refractivity contribution in [2.24, 2.45) is 5.92 Å². The topological polar surface area (TPSA) is 12.0 Å². The summed E-state index contributed by atoms with van der Waals surface area (Å²) in [5.74, 6) is 0.792. The molecule has 1 aliphatic rings. The zero-order valence-corrected chi connectivity index (χ0v) is 8.96. The number of halogens is 1. The Morgan fingerprint density at radius 3 is 2.73 bits per heavy atom. The molecule has 0 saturated heterocycles. The van der Waals surface area contributed by atoms with Crippen LogP contribution in [-0.4, -0.2) is 25.3 Å². The van der Waals surface area contributed by atoms with E-state index < -0.39 is 0 Å². The normalized spacial score (nSPS) is 34.1. The predicted octanol–water partition coefficient (Wildman–Crippen LogP) is 2.64. The Kier molecular flexibility index (Phi) is 4.12. The summed E-state index contributed by atoms with van der Waals surface area (Å²) in [5.41, 5.74) is 0. The first-order valence-corrected chi connectivity index (χ1v) is 6.67. The Labute approximate surface area is 75.7 Å². The first kappa shape index (κ1) is 9.77. The highest BCUT2D eigenvalue weighted by atomic mass is 35.5. The van der Waals surface area contributed by atoms with Gasteiger partial charge in [0.25, 0.3) is 0 Å². The van der Waals surface area contributed by atoms with Crippen LogP contribution in [0.3, 0.4) is 0 Å². The number of alkyl halides is 1. The van der Waals surface area contributed by atoms with Gasteiger partial charge in [-0.1, -0.05) is 6.42 Å². The van der Waals surface area contributed by atoms with Gasteiger partial charge in [0, 0.05) is 5.38 Å². The summed E-state index contributed by atoms with van der Waals surface area (Å²) < 4.78 is 0. The molecule has 0 aromatic rings. The van der Waals surface area contributed by atoms with E-state index in [9.17, 15) is 0 Å². The Bertz CT molecular complexity index is 121. The molecule has 2 unspecified atom stereocenters. The van der Waals surface area contributed by atoms with E-state index in [0.717, 1.165) is 5.92 Å². The second-order valence-corrected chi connectivity index (χ2v) is 6.08. The van der Waals surface area contributed by atoms with E-state index in [4.69, 9.17) is 11.6 Å². The van der Waals surface area contributed by atoms with Gasteiger partial charge >= 0.3 is 0 Å². The SMILES string of the molecule is CNP(C)C[C@@H]1CCCC1Cl. The molecule has 1 saturated carbocycles. The fourth-order valence-corrected chi connectivity index (χ4v) is 3.46. The van der Waals surface area contributed by atoms with Crippen LogP contribution in [0.15, 0.2) is 0 Å². The lowest BCUT2D eigenvalue weighted by Gasteiger charge is -2.18. The third kappa shape index (κ3) is 2.89. The zero-order valence-electron chi connectivity index (χ0n) is 7.31. The van der Waals surface area contributed by atoms with Gasteiger partial charge < -0.3 is 0 Å². The van der Waals surface area contributed by atoms with Crippen LogP contribution in [0.4, 0.5) is 0 Å². The maximum absolute atomic E-state index is 6.16. The predicted molar refractivity (Wildman–Crippen MR) is 53.8 cm³/mol.